The van der Waals surface area contributed by atoms with Crippen molar-refractivity contribution in [2.75, 3.05) is 26.8 Å². The average Bonchev–Trinajstić information content (AvgIpc) is 2.76. The Balaban J connectivity index is 2.13. The van der Waals surface area contributed by atoms with Crippen LogP contribution >= 0.6 is 0 Å². The van der Waals surface area contributed by atoms with Gasteiger partial charge in [0.15, 0.2) is 13.6 Å². The second kappa shape index (κ2) is 14.1. The third-order valence-electron chi connectivity index (χ3n) is 4.07. The highest BCUT2D eigenvalue weighted by Crippen LogP contribution is 2.25. The van der Waals surface area contributed by atoms with Crippen molar-refractivity contribution in [1.82, 2.24) is 0 Å². The minimum absolute atomic E-state index is 0.188. The molecule has 2 aromatic carbocycles. The van der Waals surface area contributed by atoms with Crippen LogP contribution in [0.5, 0.6) is 11.5 Å². The summed E-state index contributed by atoms with van der Waals surface area (Å²) in [7, 11) is 0. The monoisotopic (exact) mass is 410 g/mol. The summed E-state index contributed by atoms with van der Waals surface area (Å²) in [6.45, 7) is 5.40. The lowest BCUT2D eigenvalue weighted by Gasteiger charge is -2.11. The number of hydrogen-bond donors (Lipinski definition) is 0. The summed E-state index contributed by atoms with van der Waals surface area (Å²) in [5.74, 6) is 1.34. The molecule has 0 saturated heterocycles. The Morgan fingerprint density at radius 1 is 0.733 bits per heavy atom. The Bertz CT molecular complexity index is 798. The first-order valence-corrected chi connectivity index (χ1v) is 10.2. The smallest absolute Gasteiger partial charge is 0.189 e. The minimum atomic E-state index is 0.188. The molecule has 160 valence electrons. The van der Waals surface area contributed by atoms with Gasteiger partial charge in [-0.2, -0.15) is 0 Å². The maximum Gasteiger partial charge on any atom is 0.189 e. The van der Waals surface area contributed by atoms with Crippen molar-refractivity contribution in [2.45, 2.75) is 26.7 Å². The van der Waals surface area contributed by atoms with E-state index in [4.69, 9.17) is 18.9 Å². The van der Waals surface area contributed by atoms with Gasteiger partial charge in [-0.25, -0.2) is 0 Å². The highest BCUT2D eigenvalue weighted by atomic mass is 16.7. The Morgan fingerprint density at radius 3 is 1.93 bits per heavy atom. The van der Waals surface area contributed by atoms with E-state index in [1.807, 2.05) is 74.5 Å². The van der Waals surface area contributed by atoms with Gasteiger partial charge in [-0.3, -0.25) is 0 Å². The molecule has 0 aromatic heterocycles. The van der Waals surface area contributed by atoms with Crippen LogP contribution in [0.3, 0.4) is 0 Å². The number of ether oxygens (including phenoxy) is 4. The van der Waals surface area contributed by atoms with Gasteiger partial charge < -0.3 is 23.7 Å². The van der Waals surface area contributed by atoms with Crippen molar-refractivity contribution < 1.29 is 23.7 Å². The molecule has 0 aliphatic rings. The van der Waals surface area contributed by atoms with Crippen molar-refractivity contribution in [1.29, 1.82) is 0 Å². The van der Waals surface area contributed by atoms with E-state index in [9.17, 15) is 4.79 Å². The third-order valence-corrected chi connectivity index (χ3v) is 4.07. The number of allylic oxidation sites excluding steroid dienone is 1. The van der Waals surface area contributed by atoms with E-state index in [0.717, 1.165) is 29.4 Å². The summed E-state index contributed by atoms with van der Waals surface area (Å²) >= 11 is 0. The van der Waals surface area contributed by atoms with Gasteiger partial charge in [-0.1, -0.05) is 42.5 Å². The van der Waals surface area contributed by atoms with Crippen molar-refractivity contribution in [3.8, 4) is 11.5 Å². The Kier molecular flexibility index (Phi) is 11.0. The standard InChI is InChI=1S/C25H30O5/c1-3-27-19-29-24-16-23(17-25(18-24)30-20-28-4-2)13-12-22-11-8-10-21(15-22)9-6-5-7-14-26/h6,8-18H,3-5,7,19-20H2,1-2H3/b9-6+,13-12+. The van der Waals surface area contributed by atoms with Gasteiger partial charge in [0.25, 0.3) is 0 Å². The van der Waals surface area contributed by atoms with Crippen LogP contribution in [0, 0.1) is 0 Å². The van der Waals surface area contributed by atoms with Crippen LogP contribution in [0.1, 0.15) is 43.4 Å². The molecule has 2 rings (SSSR count). The molecular formula is C25H30O5. The molecule has 2 aromatic rings. The highest BCUT2D eigenvalue weighted by molar-refractivity contribution is 5.72. The molecular weight excluding hydrogens is 380 g/mol. The van der Waals surface area contributed by atoms with Crippen LogP contribution in [0.15, 0.2) is 48.5 Å². The summed E-state index contributed by atoms with van der Waals surface area (Å²) in [5, 5.41) is 0. The van der Waals surface area contributed by atoms with E-state index in [1.165, 1.54) is 0 Å². The van der Waals surface area contributed by atoms with Crippen molar-refractivity contribution >= 4 is 24.5 Å². The maximum atomic E-state index is 10.4. The minimum Gasteiger partial charge on any atom is -0.467 e. The molecule has 0 amide bonds. The highest BCUT2D eigenvalue weighted by Gasteiger charge is 2.03. The molecule has 0 aliphatic carbocycles. The third kappa shape index (κ3) is 9.07. The van der Waals surface area contributed by atoms with Gasteiger partial charge in [0.05, 0.1) is 0 Å². The zero-order valence-corrected chi connectivity index (χ0v) is 17.7. The number of hydrogen-bond acceptors (Lipinski definition) is 5. The van der Waals surface area contributed by atoms with Crippen LogP contribution in [0.25, 0.3) is 18.2 Å². The number of benzene rings is 2. The molecule has 0 bridgehead atoms. The van der Waals surface area contributed by atoms with Crippen molar-refractivity contribution in [3.05, 3.63) is 65.2 Å². The largest absolute Gasteiger partial charge is 0.467 e. The van der Waals surface area contributed by atoms with Gasteiger partial charge in [0, 0.05) is 25.7 Å². The number of carbonyl (C=O) groups excluding carboxylic acids is 1. The van der Waals surface area contributed by atoms with E-state index in [1.54, 1.807) is 0 Å². The van der Waals surface area contributed by atoms with Gasteiger partial charge in [-0.05, 0) is 55.2 Å². The lowest BCUT2D eigenvalue weighted by molar-refractivity contribution is -0.107. The maximum absolute atomic E-state index is 10.4. The first-order chi connectivity index (χ1) is 14.7. The molecule has 0 saturated carbocycles. The van der Waals surface area contributed by atoms with Crippen molar-refractivity contribution in [2.24, 2.45) is 0 Å². The number of rotatable bonds is 14. The zero-order chi connectivity index (χ0) is 21.4. The fraction of sp³-hybridized carbons (Fsp3) is 0.320. The summed E-state index contributed by atoms with van der Waals surface area (Å²) in [4.78, 5) is 10.4. The Labute approximate surface area is 178 Å². The number of aldehydes is 1. The normalized spacial score (nSPS) is 11.3. The van der Waals surface area contributed by atoms with Crippen LogP contribution in [0.4, 0.5) is 0 Å². The predicted molar refractivity (Wildman–Crippen MR) is 120 cm³/mol. The predicted octanol–water partition coefficient (Wildman–Crippen LogP) is 5.59. The van der Waals surface area contributed by atoms with Crippen molar-refractivity contribution in [3.63, 3.8) is 0 Å². The van der Waals surface area contributed by atoms with Crippen LogP contribution in [0.2, 0.25) is 0 Å². The van der Waals surface area contributed by atoms with Gasteiger partial charge >= 0.3 is 0 Å². The summed E-state index contributed by atoms with van der Waals surface area (Å²) in [6.07, 6.45) is 10.3. The summed E-state index contributed by atoms with van der Waals surface area (Å²) in [5.41, 5.74) is 3.12. The molecule has 30 heavy (non-hydrogen) atoms. The zero-order valence-electron chi connectivity index (χ0n) is 17.7. The fourth-order valence-electron chi connectivity index (χ4n) is 2.59. The second-order valence-electron chi connectivity index (χ2n) is 6.40. The van der Waals surface area contributed by atoms with Gasteiger partial charge in [0.2, 0.25) is 0 Å². The lowest BCUT2D eigenvalue weighted by atomic mass is 10.1. The van der Waals surface area contributed by atoms with E-state index >= 15 is 0 Å². The number of unbranched alkanes of at least 4 members (excludes halogenated alkanes) is 1. The molecule has 0 unspecified atom stereocenters. The molecule has 0 heterocycles. The first-order valence-electron chi connectivity index (χ1n) is 10.2. The second-order valence-corrected chi connectivity index (χ2v) is 6.40. The molecule has 0 spiro atoms. The van der Waals surface area contributed by atoms with Crippen LogP contribution < -0.4 is 9.47 Å². The Hall–Kier alpha value is -2.89. The molecule has 0 atom stereocenters. The van der Waals surface area contributed by atoms with E-state index in [0.29, 0.717) is 31.1 Å². The Morgan fingerprint density at radius 2 is 1.33 bits per heavy atom. The molecule has 0 aliphatic heterocycles. The van der Waals surface area contributed by atoms with Crippen LogP contribution in [-0.2, 0) is 14.3 Å². The molecule has 5 nitrogen and oxygen atoms in total. The fourth-order valence-corrected chi connectivity index (χ4v) is 2.59. The molecule has 5 heteroatoms. The SMILES string of the molecule is CCOCOc1cc(/C=C/c2cccc(/C=C/CCC=O)c2)cc(OCOCC)c1. The van der Waals surface area contributed by atoms with Gasteiger partial charge in [0.1, 0.15) is 17.8 Å². The molecule has 0 radical (unpaired) electrons. The average molecular weight is 411 g/mol. The van der Waals surface area contributed by atoms with Gasteiger partial charge in [-0.15, -0.1) is 0 Å². The summed E-state index contributed by atoms with van der Waals surface area (Å²) < 4.78 is 21.9. The number of carbonyl (C=O) groups is 1. The van der Waals surface area contributed by atoms with E-state index in [-0.39, 0.29) is 13.6 Å². The topological polar surface area (TPSA) is 54.0 Å². The summed E-state index contributed by atoms with van der Waals surface area (Å²) in [6, 6.07) is 13.9. The first kappa shape index (κ1) is 23.4. The molecule has 0 fully saturated rings. The lowest BCUT2D eigenvalue weighted by Crippen LogP contribution is -2.04. The van der Waals surface area contributed by atoms with E-state index in [2.05, 4.69) is 6.07 Å². The van der Waals surface area contributed by atoms with E-state index < -0.39 is 0 Å². The van der Waals surface area contributed by atoms with Crippen LogP contribution in [-0.4, -0.2) is 33.1 Å². The quantitative estimate of drug-likeness (QED) is 0.176. The molecule has 0 N–H and O–H groups in total.